The van der Waals surface area contributed by atoms with E-state index in [0.717, 1.165) is 0 Å². The van der Waals surface area contributed by atoms with Crippen LogP contribution in [0.3, 0.4) is 0 Å². The van der Waals surface area contributed by atoms with Gasteiger partial charge in [-0.1, -0.05) is 0 Å². The quantitative estimate of drug-likeness (QED) is 0.588. The number of nitrogens with zero attached hydrogens (tertiary/aromatic N) is 1. The van der Waals surface area contributed by atoms with E-state index < -0.39 is 0 Å². The highest BCUT2D eigenvalue weighted by molar-refractivity contribution is 6.25. The van der Waals surface area contributed by atoms with E-state index in [4.69, 9.17) is 10.2 Å². The van der Waals surface area contributed by atoms with E-state index >= 15 is 0 Å². The van der Waals surface area contributed by atoms with Crippen LogP contribution in [0.1, 0.15) is 0 Å². The number of dihydropyridines is 1. The molecule has 0 radical (unpaired) electrons. The second kappa shape index (κ2) is 5.89. The molecule has 0 aromatic rings. The molecule has 84 valence electrons. The minimum atomic E-state index is -0.277. The lowest BCUT2D eigenvalue weighted by Crippen LogP contribution is -2.11. The van der Waals surface area contributed by atoms with Crippen LogP contribution in [0.4, 0.5) is 0 Å². The van der Waals surface area contributed by atoms with Crippen molar-refractivity contribution in [2.75, 3.05) is 13.2 Å². The minimum absolute atomic E-state index is 0.0667. The third-order valence-corrected chi connectivity index (χ3v) is 1.74. The summed E-state index contributed by atoms with van der Waals surface area (Å²) in [5, 5.41) is 15.2. The van der Waals surface area contributed by atoms with Gasteiger partial charge in [0.15, 0.2) is 5.78 Å². The van der Waals surface area contributed by atoms with Crippen molar-refractivity contribution in [2.45, 2.75) is 0 Å². The van der Waals surface area contributed by atoms with Crippen molar-refractivity contribution < 1.29 is 19.8 Å². The van der Waals surface area contributed by atoms with Crippen LogP contribution < -0.4 is 0 Å². The van der Waals surface area contributed by atoms with E-state index in [0.29, 0.717) is 11.3 Å². The van der Waals surface area contributed by atoms with Crippen LogP contribution in [-0.4, -0.2) is 40.8 Å². The fourth-order valence-electron chi connectivity index (χ4n) is 1.08. The van der Waals surface area contributed by atoms with E-state index in [1.54, 1.807) is 12.2 Å². The van der Waals surface area contributed by atoms with Crippen molar-refractivity contribution in [3.8, 4) is 0 Å². The summed E-state index contributed by atoms with van der Waals surface area (Å²) in [5.41, 5.74) is 1.28. The van der Waals surface area contributed by atoms with Gasteiger partial charge >= 0.3 is 0 Å². The van der Waals surface area contributed by atoms with Gasteiger partial charge in [-0.25, -0.2) is 4.99 Å². The first-order valence-corrected chi connectivity index (χ1v) is 4.64. The first-order valence-electron chi connectivity index (χ1n) is 4.64. The van der Waals surface area contributed by atoms with Crippen LogP contribution in [-0.2, 0) is 9.59 Å². The number of hydrogen-bond acceptors (Lipinski definition) is 4. The lowest BCUT2D eigenvalue weighted by molar-refractivity contribution is -0.113. The number of aliphatic hydroxyl groups is 2. The van der Waals surface area contributed by atoms with Crippen LogP contribution in [0, 0.1) is 0 Å². The van der Waals surface area contributed by atoms with E-state index in [1.807, 2.05) is 0 Å². The highest BCUT2D eigenvalue weighted by atomic mass is 16.3. The summed E-state index contributed by atoms with van der Waals surface area (Å²) < 4.78 is 0. The SMILES string of the molecule is O=C1C=CC2=NC(=O)C=CC2=C1.OCCO. The molecule has 0 unspecified atom stereocenters. The second-order valence-electron chi connectivity index (χ2n) is 2.95. The van der Waals surface area contributed by atoms with Gasteiger partial charge in [-0.3, -0.25) is 9.59 Å². The molecule has 1 amide bonds. The largest absolute Gasteiger partial charge is 0.394 e. The molecule has 1 aliphatic heterocycles. The molecule has 0 bridgehead atoms. The number of allylic oxidation sites excluding steroid dienone is 5. The number of carbonyl (C=O) groups is 2. The number of fused-ring (bicyclic) bond motifs is 1. The van der Waals surface area contributed by atoms with Crippen LogP contribution in [0.25, 0.3) is 0 Å². The molecule has 2 N–H and O–H groups in total. The van der Waals surface area contributed by atoms with Gasteiger partial charge in [-0.2, -0.15) is 0 Å². The minimum Gasteiger partial charge on any atom is -0.394 e. The maximum absolute atomic E-state index is 10.9. The Kier molecular flexibility index (Phi) is 4.50. The predicted octanol–water partition coefficient (Wildman–Crippen LogP) is -0.440. The summed E-state index contributed by atoms with van der Waals surface area (Å²) >= 11 is 0. The summed E-state index contributed by atoms with van der Waals surface area (Å²) in [6.07, 6.45) is 7.36. The Balaban J connectivity index is 0.000000280. The van der Waals surface area contributed by atoms with Gasteiger partial charge in [-0.15, -0.1) is 0 Å². The Morgan fingerprint density at radius 3 is 2.31 bits per heavy atom. The number of carbonyl (C=O) groups excluding carboxylic acids is 2. The molecule has 0 spiro atoms. The molecule has 1 heterocycles. The lowest BCUT2D eigenvalue weighted by atomic mass is 10.0. The molecule has 0 aromatic carbocycles. The summed E-state index contributed by atoms with van der Waals surface area (Å²) in [6, 6.07) is 0. The van der Waals surface area contributed by atoms with Gasteiger partial charge < -0.3 is 10.2 Å². The molecule has 5 nitrogen and oxygen atoms in total. The normalized spacial score (nSPS) is 17.1. The molecule has 0 saturated heterocycles. The lowest BCUT2D eigenvalue weighted by Gasteiger charge is -2.08. The molecule has 5 heteroatoms. The molecular formula is C11H11NO4. The number of aliphatic hydroxyl groups excluding tert-OH is 2. The average molecular weight is 221 g/mol. The van der Waals surface area contributed by atoms with Crippen molar-refractivity contribution in [1.29, 1.82) is 0 Å². The zero-order valence-electron chi connectivity index (χ0n) is 8.46. The van der Waals surface area contributed by atoms with Gasteiger partial charge in [0.25, 0.3) is 5.91 Å². The van der Waals surface area contributed by atoms with E-state index in [9.17, 15) is 9.59 Å². The van der Waals surface area contributed by atoms with E-state index in [-0.39, 0.29) is 24.9 Å². The summed E-state index contributed by atoms with van der Waals surface area (Å²) in [4.78, 5) is 25.4. The van der Waals surface area contributed by atoms with Gasteiger partial charge in [0.1, 0.15) is 0 Å². The Morgan fingerprint density at radius 2 is 1.69 bits per heavy atom. The number of rotatable bonds is 1. The molecule has 16 heavy (non-hydrogen) atoms. The average Bonchev–Trinajstić information content (AvgIpc) is 2.30. The number of hydrogen-bond donors (Lipinski definition) is 2. The Labute approximate surface area is 92.1 Å². The number of aliphatic imine (C=N–C) groups is 1. The highest BCUT2D eigenvalue weighted by Crippen LogP contribution is 2.12. The Bertz CT molecular complexity index is 376. The molecule has 0 atom stereocenters. The summed E-state index contributed by atoms with van der Waals surface area (Å²) in [7, 11) is 0. The number of ketones is 1. The van der Waals surface area contributed by atoms with Crippen LogP contribution in [0.15, 0.2) is 40.9 Å². The molecule has 1 aliphatic carbocycles. The fraction of sp³-hybridized carbons (Fsp3) is 0.182. The smallest absolute Gasteiger partial charge is 0.270 e. The maximum atomic E-state index is 10.9. The third-order valence-electron chi connectivity index (χ3n) is 1.74. The van der Waals surface area contributed by atoms with Crippen LogP contribution in [0.2, 0.25) is 0 Å². The molecule has 2 aliphatic rings. The molecule has 0 aromatic heterocycles. The Morgan fingerprint density at radius 1 is 1.00 bits per heavy atom. The molecule has 2 rings (SSSR count). The van der Waals surface area contributed by atoms with Gasteiger partial charge in [0, 0.05) is 11.6 Å². The first-order chi connectivity index (χ1) is 7.67. The highest BCUT2D eigenvalue weighted by Gasteiger charge is 2.13. The van der Waals surface area contributed by atoms with Crippen LogP contribution >= 0.6 is 0 Å². The van der Waals surface area contributed by atoms with Crippen molar-refractivity contribution >= 4 is 17.4 Å². The van der Waals surface area contributed by atoms with Gasteiger partial charge in [0.05, 0.1) is 18.9 Å². The monoisotopic (exact) mass is 221 g/mol. The second-order valence-corrected chi connectivity index (χ2v) is 2.95. The molecule has 0 fully saturated rings. The van der Waals surface area contributed by atoms with Crippen LogP contribution in [0.5, 0.6) is 0 Å². The van der Waals surface area contributed by atoms with Crippen molar-refractivity contribution in [3.63, 3.8) is 0 Å². The Hall–Kier alpha value is -1.85. The molecular weight excluding hydrogens is 210 g/mol. The third kappa shape index (κ3) is 3.38. The standard InChI is InChI=1S/C9H5NO2.C2H6O2/c11-7-2-3-8-6(5-7)1-4-9(12)10-8;3-1-2-4/h1-5H;3-4H,1-2H2. The van der Waals surface area contributed by atoms with E-state index in [2.05, 4.69) is 4.99 Å². The maximum Gasteiger partial charge on any atom is 0.270 e. The van der Waals surface area contributed by atoms with E-state index in [1.165, 1.54) is 18.2 Å². The zero-order chi connectivity index (χ0) is 12.0. The zero-order valence-corrected chi connectivity index (χ0v) is 8.46. The van der Waals surface area contributed by atoms with Crippen molar-refractivity contribution in [1.82, 2.24) is 0 Å². The fourth-order valence-corrected chi connectivity index (χ4v) is 1.08. The summed E-state index contributed by atoms with van der Waals surface area (Å²) in [6.45, 7) is -0.250. The topological polar surface area (TPSA) is 87.0 Å². The predicted molar refractivity (Wildman–Crippen MR) is 58.0 cm³/mol. The van der Waals surface area contributed by atoms with Crippen molar-refractivity contribution in [3.05, 3.63) is 36.0 Å². The van der Waals surface area contributed by atoms with Gasteiger partial charge in [0.2, 0.25) is 0 Å². The van der Waals surface area contributed by atoms with Gasteiger partial charge in [-0.05, 0) is 24.3 Å². The molecule has 0 saturated carbocycles. The summed E-state index contributed by atoms with van der Waals surface area (Å²) in [5.74, 6) is -0.343. The first kappa shape index (κ1) is 12.2. The van der Waals surface area contributed by atoms with Crippen molar-refractivity contribution in [2.24, 2.45) is 4.99 Å². The number of amides is 1.